The lowest BCUT2D eigenvalue weighted by atomic mass is 10.1. The average molecular weight is 334 g/mol. The number of aliphatic hydroxyl groups is 1. The van der Waals surface area contributed by atoms with Crippen LogP contribution in [0.5, 0.6) is 0 Å². The van der Waals surface area contributed by atoms with Crippen molar-refractivity contribution < 1.29 is 14.6 Å². The van der Waals surface area contributed by atoms with Gasteiger partial charge in [0.2, 0.25) is 0 Å². The van der Waals surface area contributed by atoms with Crippen LogP contribution >= 0.6 is 11.6 Å². The van der Waals surface area contributed by atoms with Crippen molar-refractivity contribution in [3.05, 3.63) is 70.7 Å². The third-order valence-corrected chi connectivity index (χ3v) is 3.75. The van der Waals surface area contributed by atoms with E-state index in [-0.39, 0.29) is 25.2 Å². The molecule has 4 nitrogen and oxygen atoms in total. The number of halogens is 1. The number of amides is 1. The van der Waals surface area contributed by atoms with E-state index in [0.29, 0.717) is 10.6 Å². The number of ether oxygens (including phenoxy) is 1. The van der Waals surface area contributed by atoms with Crippen molar-refractivity contribution in [1.29, 1.82) is 0 Å². The van der Waals surface area contributed by atoms with Crippen LogP contribution < -0.4 is 5.32 Å². The zero-order chi connectivity index (χ0) is 16.7. The fraction of sp³-hybridized carbons (Fsp3) is 0.278. The molecule has 0 fully saturated rings. The molecule has 0 aliphatic heterocycles. The summed E-state index contributed by atoms with van der Waals surface area (Å²) >= 11 is 5.96. The van der Waals surface area contributed by atoms with Crippen LogP contribution in [0.25, 0.3) is 0 Å². The van der Waals surface area contributed by atoms with Gasteiger partial charge in [0, 0.05) is 6.54 Å². The molecule has 2 atom stereocenters. The molecule has 2 aromatic rings. The minimum atomic E-state index is -0.785. The topological polar surface area (TPSA) is 58.6 Å². The maximum absolute atomic E-state index is 12.0. The SMILES string of the molecule is C[C@@H](OC[C@@H](O)CNC(=O)c1ccccc1Cl)c1ccccc1. The van der Waals surface area contributed by atoms with Gasteiger partial charge in [-0.3, -0.25) is 4.79 Å². The molecule has 0 radical (unpaired) electrons. The van der Waals surface area contributed by atoms with Crippen molar-refractivity contribution in [3.8, 4) is 0 Å². The highest BCUT2D eigenvalue weighted by molar-refractivity contribution is 6.33. The molecule has 0 bridgehead atoms. The van der Waals surface area contributed by atoms with Gasteiger partial charge in [-0.2, -0.15) is 0 Å². The van der Waals surface area contributed by atoms with Crippen LogP contribution in [0.15, 0.2) is 54.6 Å². The lowest BCUT2D eigenvalue weighted by Gasteiger charge is -2.17. The van der Waals surface area contributed by atoms with Crippen LogP contribution in [0.2, 0.25) is 5.02 Å². The highest BCUT2D eigenvalue weighted by Crippen LogP contribution is 2.16. The Morgan fingerprint density at radius 3 is 2.52 bits per heavy atom. The molecule has 0 saturated carbocycles. The van der Waals surface area contributed by atoms with E-state index in [4.69, 9.17) is 16.3 Å². The second-order valence-corrected chi connectivity index (χ2v) is 5.64. The monoisotopic (exact) mass is 333 g/mol. The van der Waals surface area contributed by atoms with Crippen LogP contribution in [0, 0.1) is 0 Å². The van der Waals surface area contributed by atoms with Crippen LogP contribution in [0.3, 0.4) is 0 Å². The maximum atomic E-state index is 12.0. The van der Waals surface area contributed by atoms with Gasteiger partial charge in [-0.15, -0.1) is 0 Å². The van der Waals surface area contributed by atoms with E-state index in [1.54, 1.807) is 24.3 Å². The molecular formula is C18H20ClNO3. The Hall–Kier alpha value is -1.88. The fourth-order valence-electron chi connectivity index (χ4n) is 2.09. The summed E-state index contributed by atoms with van der Waals surface area (Å²) in [5.41, 5.74) is 1.43. The molecule has 0 aromatic heterocycles. The Bertz CT molecular complexity index is 633. The lowest BCUT2D eigenvalue weighted by Crippen LogP contribution is -2.34. The van der Waals surface area contributed by atoms with E-state index in [2.05, 4.69) is 5.32 Å². The zero-order valence-corrected chi connectivity index (χ0v) is 13.7. The molecule has 2 rings (SSSR count). The van der Waals surface area contributed by atoms with E-state index < -0.39 is 6.10 Å². The Morgan fingerprint density at radius 2 is 1.83 bits per heavy atom. The molecule has 0 aliphatic carbocycles. The van der Waals surface area contributed by atoms with Gasteiger partial charge in [0.05, 0.1) is 29.4 Å². The van der Waals surface area contributed by atoms with Crippen LogP contribution in [-0.2, 0) is 4.74 Å². The Balaban J connectivity index is 1.76. The van der Waals surface area contributed by atoms with Crippen molar-refractivity contribution in [2.45, 2.75) is 19.1 Å². The molecule has 122 valence electrons. The van der Waals surface area contributed by atoms with Crippen molar-refractivity contribution in [1.82, 2.24) is 5.32 Å². The van der Waals surface area contributed by atoms with Gasteiger partial charge < -0.3 is 15.2 Å². The molecule has 5 heteroatoms. The maximum Gasteiger partial charge on any atom is 0.252 e. The highest BCUT2D eigenvalue weighted by atomic mass is 35.5. The summed E-state index contributed by atoms with van der Waals surface area (Å²) in [5, 5.41) is 13.0. The van der Waals surface area contributed by atoms with Crippen LogP contribution in [0.1, 0.15) is 28.9 Å². The molecule has 1 amide bonds. The van der Waals surface area contributed by atoms with Gasteiger partial charge in [0.1, 0.15) is 0 Å². The first kappa shape index (κ1) is 17.5. The number of rotatable bonds is 7. The summed E-state index contributed by atoms with van der Waals surface area (Å²) in [6.45, 7) is 2.16. The van der Waals surface area contributed by atoms with E-state index in [1.807, 2.05) is 37.3 Å². The molecule has 0 aliphatic rings. The minimum absolute atomic E-state index is 0.103. The summed E-state index contributed by atoms with van der Waals surface area (Å²) in [6, 6.07) is 16.5. The molecular weight excluding hydrogens is 314 g/mol. The molecule has 23 heavy (non-hydrogen) atoms. The number of aliphatic hydroxyl groups excluding tert-OH is 1. The first-order chi connectivity index (χ1) is 11.1. The molecule has 0 heterocycles. The third-order valence-electron chi connectivity index (χ3n) is 3.42. The molecule has 2 N–H and O–H groups in total. The number of hydrogen-bond donors (Lipinski definition) is 2. The van der Waals surface area contributed by atoms with Crippen LogP contribution in [-0.4, -0.2) is 30.3 Å². The van der Waals surface area contributed by atoms with E-state index >= 15 is 0 Å². The van der Waals surface area contributed by atoms with Gasteiger partial charge in [-0.05, 0) is 24.6 Å². The second kappa shape index (κ2) is 8.67. The summed E-state index contributed by atoms with van der Waals surface area (Å²) in [7, 11) is 0. The van der Waals surface area contributed by atoms with Crippen molar-refractivity contribution in [3.63, 3.8) is 0 Å². The van der Waals surface area contributed by atoms with Gasteiger partial charge in [0.25, 0.3) is 5.91 Å². The number of nitrogens with one attached hydrogen (secondary N) is 1. The summed E-state index contributed by atoms with van der Waals surface area (Å²) in [6.07, 6.45) is -0.905. The quantitative estimate of drug-likeness (QED) is 0.818. The van der Waals surface area contributed by atoms with Gasteiger partial charge in [0.15, 0.2) is 0 Å². The standard InChI is InChI=1S/C18H20ClNO3/c1-13(14-7-3-2-4-8-14)23-12-15(21)11-20-18(22)16-9-5-6-10-17(16)19/h2-10,13,15,21H,11-12H2,1H3,(H,20,22)/t13-,15+/m1/s1. The van der Waals surface area contributed by atoms with Crippen molar-refractivity contribution in [2.75, 3.05) is 13.2 Å². The van der Waals surface area contributed by atoms with Gasteiger partial charge in [-0.1, -0.05) is 54.1 Å². The number of hydrogen-bond acceptors (Lipinski definition) is 3. The number of carbonyl (C=O) groups is 1. The number of benzene rings is 2. The minimum Gasteiger partial charge on any atom is -0.389 e. The first-order valence-corrected chi connectivity index (χ1v) is 7.83. The van der Waals surface area contributed by atoms with E-state index in [0.717, 1.165) is 5.56 Å². The Labute approximate surface area is 141 Å². The number of carbonyl (C=O) groups excluding carboxylic acids is 1. The molecule has 0 spiro atoms. The first-order valence-electron chi connectivity index (χ1n) is 7.45. The Kier molecular flexibility index (Phi) is 6.59. The summed E-state index contributed by atoms with van der Waals surface area (Å²) < 4.78 is 5.62. The smallest absolute Gasteiger partial charge is 0.252 e. The van der Waals surface area contributed by atoms with Crippen LogP contribution in [0.4, 0.5) is 0 Å². The second-order valence-electron chi connectivity index (χ2n) is 5.23. The normalized spacial score (nSPS) is 13.3. The van der Waals surface area contributed by atoms with Gasteiger partial charge >= 0.3 is 0 Å². The largest absolute Gasteiger partial charge is 0.389 e. The van der Waals surface area contributed by atoms with E-state index in [1.165, 1.54) is 0 Å². The molecule has 2 aromatic carbocycles. The van der Waals surface area contributed by atoms with Gasteiger partial charge in [-0.25, -0.2) is 0 Å². The molecule has 0 saturated heterocycles. The Morgan fingerprint density at radius 1 is 1.17 bits per heavy atom. The summed E-state index contributed by atoms with van der Waals surface area (Å²) in [4.78, 5) is 12.0. The third kappa shape index (κ3) is 5.36. The van der Waals surface area contributed by atoms with Crippen molar-refractivity contribution in [2.24, 2.45) is 0 Å². The predicted octanol–water partition coefficient (Wildman–Crippen LogP) is 3.21. The van der Waals surface area contributed by atoms with Crippen molar-refractivity contribution >= 4 is 17.5 Å². The van der Waals surface area contributed by atoms with E-state index in [9.17, 15) is 9.90 Å². The summed E-state index contributed by atoms with van der Waals surface area (Å²) in [5.74, 6) is -0.314. The zero-order valence-electron chi connectivity index (χ0n) is 12.9. The lowest BCUT2D eigenvalue weighted by molar-refractivity contribution is -0.00171. The fourth-order valence-corrected chi connectivity index (χ4v) is 2.31. The average Bonchev–Trinajstić information content (AvgIpc) is 2.58. The highest BCUT2D eigenvalue weighted by Gasteiger charge is 2.13. The molecule has 0 unspecified atom stereocenters. The predicted molar refractivity (Wildman–Crippen MR) is 90.6 cm³/mol.